The summed E-state index contributed by atoms with van der Waals surface area (Å²) < 4.78 is 5.70. The van der Waals surface area contributed by atoms with E-state index in [0.29, 0.717) is 35.0 Å². The molecule has 0 bridgehead atoms. The van der Waals surface area contributed by atoms with Crippen molar-refractivity contribution in [1.82, 2.24) is 15.5 Å². The molecule has 1 aromatic heterocycles. The lowest BCUT2D eigenvalue weighted by atomic mass is 10.3. The van der Waals surface area contributed by atoms with Crippen LogP contribution in [0.15, 0.2) is 4.42 Å². The van der Waals surface area contributed by atoms with Gasteiger partial charge in [-0.05, 0) is 0 Å². The summed E-state index contributed by atoms with van der Waals surface area (Å²) in [6.45, 7) is 11.3. The molecule has 2 rings (SSSR count). The molecule has 1 aliphatic rings. The van der Waals surface area contributed by atoms with Gasteiger partial charge in [0.25, 0.3) is 0 Å². The molecule has 2 unspecified atom stereocenters. The number of rotatable bonds is 4. The Labute approximate surface area is 113 Å². The van der Waals surface area contributed by atoms with E-state index in [1.807, 2.05) is 11.8 Å². The maximum atomic E-state index is 5.70. The second-order valence-corrected chi connectivity index (χ2v) is 7.06. The smallest absolute Gasteiger partial charge is 0.318 e. The maximum Gasteiger partial charge on any atom is 0.318 e. The molecule has 18 heavy (non-hydrogen) atoms. The molecule has 2 atom stereocenters. The van der Waals surface area contributed by atoms with Gasteiger partial charge < -0.3 is 14.6 Å². The first-order valence-electron chi connectivity index (χ1n) is 6.50. The molecule has 0 aliphatic carbocycles. The lowest BCUT2D eigenvalue weighted by molar-refractivity contribution is 0.444. The Morgan fingerprint density at radius 2 is 2.00 bits per heavy atom. The van der Waals surface area contributed by atoms with E-state index in [2.05, 4.69) is 48.1 Å². The van der Waals surface area contributed by atoms with Crippen molar-refractivity contribution in [3.8, 4) is 0 Å². The van der Waals surface area contributed by atoms with Gasteiger partial charge in [0.1, 0.15) is 0 Å². The van der Waals surface area contributed by atoms with Crippen LogP contribution in [0.1, 0.15) is 33.6 Å². The van der Waals surface area contributed by atoms with E-state index in [9.17, 15) is 0 Å². The first-order valence-corrected chi connectivity index (χ1v) is 7.45. The number of thioether (sulfide) groups is 1. The minimum atomic E-state index is 0.423. The molecule has 0 saturated carbocycles. The SMILES string of the molecule is CC(C)NCc1nnc(N2CC(C)SC(C)C2)o1. The number of hydrogen-bond acceptors (Lipinski definition) is 6. The largest absolute Gasteiger partial charge is 0.407 e. The summed E-state index contributed by atoms with van der Waals surface area (Å²) in [5.74, 6) is 0.664. The Morgan fingerprint density at radius 1 is 1.33 bits per heavy atom. The van der Waals surface area contributed by atoms with Crippen LogP contribution in [0, 0.1) is 0 Å². The van der Waals surface area contributed by atoms with Gasteiger partial charge >= 0.3 is 6.01 Å². The van der Waals surface area contributed by atoms with Crippen LogP contribution in [-0.4, -0.2) is 39.8 Å². The van der Waals surface area contributed by atoms with Gasteiger partial charge in [-0.25, -0.2) is 0 Å². The number of nitrogens with zero attached hydrogens (tertiary/aromatic N) is 3. The van der Waals surface area contributed by atoms with Gasteiger partial charge in [0, 0.05) is 29.6 Å². The van der Waals surface area contributed by atoms with Crippen LogP contribution in [0.5, 0.6) is 0 Å². The molecule has 2 heterocycles. The standard InChI is InChI=1S/C12H22N4OS/c1-8(2)13-5-11-14-15-12(17-11)16-6-9(3)18-10(4)7-16/h8-10,13H,5-7H2,1-4H3. The Morgan fingerprint density at radius 3 is 2.61 bits per heavy atom. The number of aromatic nitrogens is 2. The van der Waals surface area contributed by atoms with Crippen molar-refractivity contribution in [2.24, 2.45) is 0 Å². The topological polar surface area (TPSA) is 54.2 Å². The van der Waals surface area contributed by atoms with Crippen molar-refractivity contribution in [3.05, 3.63) is 5.89 Å². The normalized spacial score (nSPS) is 24.8. The molecule has 1 N–H and O–H groups in total. The summed E-state index contributed by atoms with van der Waals surface area (Å²) in [6.07, 6.45) is 0. The highest BCUT2D eigenvalue weighted by molar-refractivity contribution is 8.00. The third-order valence-electron chi connectivity index (χ3n) is 2.81. The summed E-state index contributed by atoms with van der Waals surface area (Å²) in [6, 6.07) is 1.08. The highest BCUT2D eigenvalue weighted by atomic mass is 32.2. The molecule has 1 aromatic rings. The molecular formula is C12H22N4OS. The highest BCUT2D eigenvalue weighted by Crippen LogP contribution is 2.27. The molecule has 0 aromatic carbocycles. The van der Waals surface area contributed by atoms with Gasteiger partial charge in [0.15, 0.2) is 0 Å². The molecule has 5 nitrogen and oxygen atoms in total. The Bertz CT molecular complexity index is 372. The minimum absolute atomic E-state index is 0.423. The van der Waals surface area contributed by atoms with Crippen LogP contribution >= 0.6 is 11.8 Å². The van der Waals surface area contributed by atoms with E-state index in [1.54, 1.807) is 0 Å². The van der Waals surface area contributed by atoms with Crippen LogP contribution in [0.2, 0.25) is 0 Å². The zero-order valence-electron chi connectivity index (χ0n) is 11.5. The molecule has 0 amide bonds. The highest BCUT2D eigenvalue weighted by Gasteiger charge is 2.25. The van der Waals surface area contributed by atoms with Gasteiger partial charge in [0.05, 0.1) is 6.54 Å². The fraction of sp³-hybridized carbons (Fsp3) is 0.833. The first kappa shape index (κ1) is 13.7. The summed E-state index contributed by atoms with van der Waals surface area (Å²) in [5.41, 5.74) is 0. The minimum Gasteiger partial charge on any atom is -0.407 e. The van der Waals surface area contributed by atoms with E-state index in [-0.39, 0.29) is 0 Å². The molecule has 1 aliphatic heterocycles. The molecule has 6 heteroatoms. The summed E-state index contributed by atoms with van der Waals surface area (Å²) in [5, 5.41) is 12.7. The van der Waals surface area contributed by atoms with E-state index >= 15 is 0 Å². The maximum absolute atomic E-state index is 5.70. The summed E-state index contributed by atoms with van der Waals surface area (Å²) in [4.78, 5) is 2.19. The van der Waals surface area contributed by atoms with E-state index in [1.165, 1.54) is 0 Å². The summed E-state index contributed by atoms with van der Waals surface area (Å²) in [7, 11) is 0. The third kappa shape index (κ3) is 3.62. The second kappa shape index (κ2) is 5.93. The number of nitrogens with one attached hydrogen (secondary N) is 1. The zero-order chi connectivity index (χ0) is 13.1. The van der Waals surface area contributed by atoms with Crippen molar-refractivity contribution < 1.29 is 4.42 Å². The van der Waals surface area contributed by atoms with Gasteiger partial charge in [-0.1, -0.05) is 32.8 Å². The van der Waals surface area contributed by atoms with Gasteiger partial charge in [-0.3, -0.25) is 0 Å². The van der Waals surface area contributed by atoms with Crippen LogP contribution in [0.3, 0.4) is 0 Å². The molecule has 102 valence electrons. The average molecular weight is 270 g/mol. The quantitative estimate of drug-likeness (QED) is 0.902. The van der Waals surface area contributed by atoms with Gasteiger partial charge in [-0.2, -0.15) is 11.8 Å². The molecule has 0 radical (unpaired) electrons. The third-order valence-corrected chi connectivity index (χ3v) is 4.04. The fourth-order valence-electron chi connectivity index (χ4n) is 2.07. The van der Waals surface area contributed by atoms with Crippen molar-refractivity contribution in [3.63, 3.8) is 0 Å². The van der Waals surface area contributed by atoms with E-state index in [4.69, 9.17) is 4.42 Å². The van der Waals surface area contributed by atoms with Crippen molar-refractivity contribution in [1.29, 1.82) is 0 Å². The predicted molar refractivity (Wildman–Crippen MR) is 75.0 cm³/mol. The van der Waals surface area contributed by atoms with E-state index in [0.717, 1.165) is 13.1 Å². The second-order valence-electron chi connectivity index (χ2n) is 5.18. The van der Waals surface area contributed by atoms with Crippen molar-refractivity contribution >= 4 is 17.8 Å². The Kier molecular flexibility index (Phi) is 4.50. The Balaban J connectivity index is 1.96. The monoisotopic (exact) mass is 270 g/mol. The van der Waals surface area contributed by atoms with Gasteiger partial charge in [0.2, 0.25) is 5.89 Å². The molecular weight excluding hydrogens is 248 g/mol. The predicted octanol–water partition coefficient (Wildman–Crippen LogP) is 1.90. The fourth-order valence-corrected chi connectivity index (χ4v) is 3.39. The van der Waals surface area contributed by atoms with E-state index < -0.39 is 0 Å². The Hall–Kier alpha value is -0.750. The van der Waals surface area contributed by atoms with Crippen molar-refractivity contribution in [2.75, 3.05) is 18.0 Å². The van der Waals surface area contributed by atoms with Crippen LogP contribution < -0.4 is 10.2 Å². The van der Waals surface area contributed by atoms with Gasteiger partial charge in [-0.15, -0.1) is 5.10 Å². The first-order chi connectivity index (χ1) is 8.54. The zero-order valence-corrected chi connectivity index (χ0v) is 12.3. The number of hydrogen-bond donors (Lipinski definition) is 1. The summed E-state index contributed by atoms with van der Waals surface area (Å²) >= 11 is 2.02. The molecule has 1 fully saturated rings. The lowest BCUT2D eigenvalue weighted by Crippen LogP contribution is -2.40. The number of anilines is 1. The van der Waals surface area contributed by atoms with Crippen LogP contribution in [0.4, 0.5) is 6.01 Å². The van der Waals surface area contributed by atoms with Crippen molar-refractivity contribution in [2.45, 2.75) is 50.8 Å². The van der Waals surface area contributed by atoms with Crippen LogP contribution in [0.25, 0.3) is 0 Å². The lowest BCUT2D eigenvalue weighted by Gasteiger charge is -2.33. The average Bonchev–Trinajstić information content (AvgIpc) is 2.73. The molecule has 1 saturated heterocycles. The van der Waals surface area contributed by atoms with Crippen LogP contribution in [-0.2, 0) is 6.54 Å². The molecule has 0 spiro atoms.